The molecule has 0 aliphatic carbocycles. The minimum atomic E-state index is -0.657. The molecule has 0 saturated heterocycles. The van der Waals surface area contributed by atoms with E-state index in [9.17, 15) is 4.79 Å². The summed E-state index contributed by atoms with van der Waals surface area (Å²) < 4.78 is 0. The van der Waals surface area contributed by atoms with Crippen molar-refractivity contribution in [3.05, 3.63) is 0 Å². The van der Waals surface area contributed by atoms with Gasteiger partial charge in [0, 0.05) is 6.42 Å². The van der Waals surface area contributed by atoms with Crippen LogP contribution < -0.4 is 0 Å². The van der Waals surface area contributed by atoms with E-state index >= 15 is 0 Å². The highest BCUT2D eigenvalue weighted by Crippen LogP contribution is 2.11. The van der Waals surface area contributed by atoms with E-state index in [0.717, 1.165) is 12.8 Å². The molecular formula is C21H44O2. The summed E-state index contributed by atoms with van der Waals surface area (Å²) in [5.74, 6) is -0.657. The van der Waals surface area contributed by atoms with Gasteiger partial charge in [0.2, 0.25) is 0 Å². The zero-order valence-electron chi connectivity index (χ0n) is 16.4. The normalized spacial score (nSPS) is 10.2. The van der Waals surface area contributed by atoms with Crippen LogP contribution in [0.4, 0.5) is 0 Å². The first-order valence-electron chi connectivity index (χ1n) is 10.4. The fraction of sp³-hybridized carbons (Fsp3) is 0.952. The number of hydrogen-bond acceptors (Lipinski definition) is 1. The zero-order chi connectivity index (χ0) is 17.6. The molecule has 140 valence electrons. The first-order valence-corrected chi connectivity index (χ1v) is 10.4. The molecule has 2 nitrogen and oxygen atoms in total. The van der Waals surface area contributed by atoms with Crippen LogP contribution in [0.15, 0.2) is 0 Å². The van der Waals surface area contributed by atoms with Crippen molar-refractivity contribution in [1.29, 1.82) is 0 Å². The molecule has 1 N–H and O–H groups in total. The highest BCUT2D eigenvalue weighted by Gasteiger charge is 1.96. The molecule has 0 amide bonds. The van der Waals surface area contributed by atoms with Crippen molar-refractivity contribution in [1.82, 2.24) is 0 Å². The van der Waals surface area contributed by atoms with Crippen LogP contribution in [0.5, 0.6) is 0 Å². The van der Waals surface area contributed by atoms with Gasteiger partial charge in [0.1, 0.15) is 0 Å². The summed E-state index contributed by atoms with van der Waals surface area (Å²) in [6.07, 6.45) is 21.4. The van der Waals surface area contributed by atoms with Crippen LogP contribution in [0, 0.1) is 0 Å². The molecule has 0 unspecified atom stereocenters. The van der Waals surface area contributed by atoms with Crippen molar-refractivity contribution < 1.29 is 9.90 Å². The van der Waals surface area contributed by atoms with Gasteiger partial charge in [-0.25, -0.2) is 0 Å². The van der Waals surface area contributed by atoms with Crippen molar-refractivity contribution in [2.45, 2.75) is 130 Å². The number of carbonyl (C=O) groups is 1. The standard InChI is InChI=1S/C14H28O2.C7H16/c1-2-3-4-5-6-7-8-9-10-11-12-13-14(15)16;1-3-5-7-6-4-2/h2-13H2,1H3,(H,15,16);3-7H2,1-2H3. The predicted octanol–water partition coefficient (Wildman–Crippen LogP) is 7.75. The van der Waals surface area contributed by atoms with E-state index in [1.165, 1.54) is 89.9 Å². The Morgan fingerprint density at radius 3 is 1.09 bits per heavy atom. The lowest BCUT2D eigenvalue weighted by Crippen LogP contribution is -1.93. The van der Waals surface area contributed by atoms with Gasteiger partial charge in [-0.05, 0) is 6.42 Å². The number of hydrogen-bond donors (Lipinski definition) is 1. The van der Waals surface area contributed by atoms with Crippen molar-refractivity contribution in [3.63, 3.8) is 0 Å². The van der Waals surface area contributed by atoms with Crippen LogP contribution in [0.1, 0.15) is 130 Å². The minimum absolute atomic E-state index is 0.344. The van der Waals surface area contributed by atoms with Crippen LogP contribution in [0.2, 0.25) is 0 Å². The Labute approximate surface area is 146 Å². The number of rotatable bonds is 16. The third kappa shape index (κ3) is 30.0. The van der Waals surface area contributed by atoms with Gasteiger partial charge in [0.05, 0.1) is 0 Å². The van der Waals surface area contributed by atoms with Gasteiger partial charge in [0.15, 0.2) is 0 Å². The SMILES string of the molecule is CCCCCCC.CCCCCCCCCCCCCC(=O)O. The molecule has 0 aromatic heterocycles. The highest BCUT2D eigenvalue weighted by atomic mass is 16.4. The van der Waals surface area contributed by atoms with E-state index in [1.807, 2.05) is 0 Å². The molecule has 0 aliphatic rings. The summed E-state index contributed by atoms with van der Waals surface area (Å²) in [6.45, 7) is 6.74. The molecule has 0 spiro atoms. The largest absolute Gasteiger partial charge is 0.481 e. The predicted molar refractivity (Wildman–Crippen MR) is 103 cm³/mol. The van der Waals surface area contributed by atoms with Crippen LogP contribution in [-0.2, 0) is 4.79 Å². The van der Waals surface area contributed by atoms with E-state index in [4.69, 9.17) is 5.11 Å². The smallest absolute Gasteiger partial charge is 0.303 e. The molecule has 0 aromatic carbocycles. The maximum absolute atomic E-state index is 10.3. The molecule has 23 heavy (non-hydrogen) atoms. The molecule has 0 saturated carbocycles. The fourth-order valence-electron chi connectivity index (χ4n) is 2.62. The Balaban J connectivity index is 0. The summed E-state index contributed by atoms with van der Waals surface area (Å²) in [7, 11) is 0. The second-order valence-corrected chi connectivity index (χ2v) is 6.74. The molecule has 0 heterocycles. The third-order valence-corrected chi connectivity index (χ3v) is 4.20. The topological polar surface area (TPSA) is 37.3 Å². The van der Waals surface area contributed by atoms with Gasteiger partial charge < -0.3 is 5.11 Å². The molecule has 0 atom stereocenters. The van der Waals surface area contributed by atoms with Crippen molar-refractivity contribution in [3.8, 4) is 0 Å². The Bertz CT molecular complexity index is 210. The first kappa shape index (κ1) is 24.7. The maximum Gasteiger partial charge on any atom is 0.303 e. The third-order valence-electron chi connectivity index (χ3n) is 4.20. The molecular weight excluding hydrogens is 284 g/mol. The molecule has 0 aromatic rings. The van der Waals surface area contributed by atoms with E-state index in [1.54, 1.807) is 0 Å². The van der Waals surface area contributed by atoms with Crippen LogP contribution >= 0.6 is 0 Å². The van der Waals surface area contributed by atoms with Gasteiger partial charge in [-0.2, -0.15) is 0 Å². The lowest BCUT2D eigenvalue weighted by molar-refractivity contribution is -0.137. The van der Waals surface area contributed by atoms with Gasteiger partial charge in [-0.3, -0.25) is 4.79 Å². The molecule has 0 bridgehead atoms. The average Bonchev–Trinajstić information content (AvgIpc) is 2.53. The molecule has 0 aliphatic heterocycles. The lowest BCUT2D eigenvalue weighted by atomic mass is 10.1. The number of carboxylic acids is 1. The van der Waals surface area contributed by atoms with Crippen molar-refractivity contribution >= 4 is 5.97 Å². The van der Waals surface area contributed by atoms with Crippen molar-refractivity contribution in [2.24, 2.45) is 0 Å². The fourth-order valence-corrected chi connectivity index (χ4v) is 2.62. The van der Waals surface area contributed by atoms with Gasteiger partial charge in [-0.1, -0.05) is 117 Å². The Morgan fingerprint density at radius 1 is 0.522 bits per heavy atom. The van der Waals surface area contributed by atoms with Crippen LogP contribution in [0.3, 0.4) is 0 Å². The zero-order valence-corrected chi connectivity index (χ0v) is 16.4. The highest BCUT2D eigenvalue weighted by molar-refractivity contribution is 5.66. The quantitative estimate of drug-likeness (QED) is 0.294. The Kier molecular flexibility index (Phi) is 25.5. The van der Waals surface area contributed by atoms with E-state index in [-0.39, 0.29) is 0 Å². The van der Waals surface area contributed by atoms with Gasteiger partial charge >= 0.3 is 5.97 Å². The van der Waals surface area contributed by atoms with E-state index < -0.39 is 5.97 Å². The van der Waals surface area contributed by atoms with Gasteiger partial charge in [0.25, 0.3) is 0 Å². The maximum atomic E-state index is 10.3. The van der Waals surface area contributed by atoms with E-state index in [0.29, 0.717) is 6.42 Å². The summed E-state index contributed by atoms with van der Waals surface area (Å²) in [5, 5.41) is 8.46. The summed E-state index contributed by atoms with van der Waals surface area (Å²) in [6, 6.07) is 0. The molecule has 2 heteroatoms. The summed E-state index contributed by atoms with van der Waals surface area (Å²) >= 11 is 0. The Morgan fingerprint density at radius 2 is 0.783 bits per heavy atom. The number of aliphatic carboxylic acids is 1. The lowest BCUT2D eigenvalue weighted by Gasteiger charge is -2.01. The van der Waals surface area contributed by atoms with Crippen molar-refractivity contribution in [2.75, 3.05) is 0 Å². The Hall–Kier alpha value is -0.530. The number of carboxylic acid groups (broad SMARTS) is 1. The first-order chi connectivity index (χ1) is 11.2. The molecule has 0 rings (SSSR count). The number of unbranched alkanes of at least 4 members (excludes halogenated alkanes) is 14. The van der Waals surface area contributed by atoms with E-state index in [2.05, 4.69) is 20.8 Å². The van der Waals surface area contributed by atoms with Crippen LogP contribution in [-0.4, -0.2) is 11.1 Å². The molecule has 0 fully saturated rings. The molecule has 0 radical (unpaired) electrons. The van der Waals surface area contributed by atoms with Gasteiger partial charge in [-0.15, -0.1) is 0 Å². The van der Waals surface area contributed by atoms with Crippen LogP contribution in [0.25, 0.3) is 0 Å². The summed E-state index contributed by atoms with van der Waals surface area (Å²) in [4.78, 5) is 10.3. The minimum Gasteiger partial charge on any atom is -0.481 e. The second-order valence-electron chi connectivity index (χ2n) is 6.74. The summed E-state index contributed by atoms with van der Waals surface area (Å²) in [5.41, 5.74) is 0. The monoisotopic (exact) mass is 328 g/mol. The second kappa shape index (κ2) is 23.7. The average molecular weight is 329 g/mol.